The van der Waals surface area contributed by atoms with Crippen LogP contribution in [0.15, 0.2) is 6.33 Å². The van der Waals surface area contributed by atoms with Gasteiger partial charge in [0.2, 0.25) is 5.78 Å². The van der Waals surface area contributed by atoms with Crippen molar-refractivity contribution in [2.24, 2.45) is 18.7 Å². The lowest BCUT2D eigenvalue weighted by atomic mass is 9.83. The van der Waals surface area contributed by atoms with E-state index in [1.165, 1.54) is 0 Å². The Balaban J connectivity index is 2.06. The SMILES string of the molecule is Cn1cnnc1C(=O)C1CCC(N)CC1. The summed E-state index contributed by atoms with van der Waals surface area (Å²) in [5, 5.41) is 7.56. The number of ketones is 1. The van der Waals surface area contributed by atoms with Gasteiger partial charge in [0.1, 0.15) is 6.33 Å². The first-order valence-electron chi connectivity index (χ1n) is 5.32. The predicted octanol–water partition coefficient (Wildman–Crippen LogP) is 0.515. The van der Waals surface area contributed by atoms with Crippen LogP contribution in [-0.4, -0.2) is 26.6 Å². The highest BCUT2D eigenvalue weighted by Gasteiger charge is 2.27. The Morgan fingerprint density at radius 1 is 1.47 bits per heavy atom. The lowest BCUT2D eigenvalue weighted by molar-refractivity contribution is 0.0870. The van der Waals surface area contributed by atoms with Gasteiger partial charge < -0.3 is 10.3 Å². The Bertz CT molecular complexity index is 352. The van der Waals surface area contributed by atoms with Crippen molar-refractivity contribution in [2.45, 2.75) is 31.7 Å². The van der Waals surface area contributed by atoms with E-state index in [-0.39, 0.29) is 17.7 Å². The first-order chi connectivity index (χ1) is 7.18. The van der Waals surface area contributed by atoms with Crippen molar-refractivity contribution in [3.63, 3.8) is 0 Å². The molecule has 2 N–H and O–H groups in total. The maximum atomic E-state index is 12.0. The molecule has 0 saturated heterocycles. The van der Waals surface area contributed by atoms with Crippen LogP contribution in [-0.2, 0) is 7.05 Å². The number of Topliss-reactive ketones (excluding diaryl/α,β-unsaturated/α-hetero) is 1. The smallest absolute Gasteiger partial charge is 0.203 e. The average molecular weight is 208 g/mol. The molecule has 82 valence electrons. The molecule has 1 aromatic heterocycles. The van der Waals surface area contributed by atoms with Crippen molar-refractivity contribution in [2.75, 3.05) is 0 Å². The second kappa shape index (κ2) is 4.10. The van der Waals surface area contributed by atoms with E-state index in [1.54, 1.807) is 17.9 Å². The van der Waals surface area contributed by atoms with E-state index in [0.717, 1.165) is 25.7 Å². The van der Waals surface area contributed by atoms with E-state index >= 15 is 0 Å². The van der Waals surface area contributed by atoms with Gasteiger partial charge in [0, 0.05) is 19.0 Å². The molecule has 1 aromatic rings. The summed E-state index contributed by atoms with van der Waals surface area (Å²) in [5.41, 5.74) is 5.80. The Morgan fingerprint density at radius 3 is 2.67 bits per heavy atom. The highest BCUT2D eigenvalue weighted by atomic mass is 16.1. The summed E-state index contributed by atoms with van der Waals surface area (Å²) >= 11 is 0. The second-order valence-corrected chi connectivity index (χ2v) is 4.24. The van der Waals surface area contributed by atoms with Crippen LogP contribution < -0.4 is 5.73 Å². The first kappa shape index (κ1) is 10.3. The van der Waals surface area contributed by atoms with Crippen molar-refractivity contribution >= 4 is 5.78 Å². The largest absolute Gasteiger partial charge is 0.328 e. The summed E-state index contributed by atoms with van der Waals surface area (Å²) in [4.78, 5) is 12.0. The number of nitrogens with zero attached hydrogens (tertiary/aromatic N) is 3. The zero-order chi connectivity index (χ0) is 10.8. The molecule has 0 aromatic carbocycles. The van der Waals surface area contributed by atoms with Gasteiger partial charge in [-0.25, -0.2) is 0 Å². The second-order valence-electron chi connectivity index (χ2n) is 4.24. The van der Waals surface area contributed by atoms with Gasteiger partial charge in [0.15, 0.2) is 5.82 Å². The van der Waals surface area contributed by atoms with Gasteiger partial charge in [0.25, 0.3) is 0 Å². The maximum Gasteiger partial charge on any atom is 0.203 e. The highest BCUT2D eigenvalue weighted by molar-refractivity contribution is 5.94. The number of rotatable bonds is 2. The van der Waals surface area contributed by atoms with Crippen LogP contribution in [0.3, 0.4) is 0 Å². The van der Waals surface area contributed by atoms with E-state index < -0.39 is 0 Å². The van der Waals surface area contributed by atoms with Gasteiger partial charge in [-0.05, 0) is 25.7 Å². The molecule has 0 radical (unpaired) electrons. The number of aryl methyl sites for hydroxylation is 1. The lowest BCUT2D eigenvalue weighted by Crippen LogP contribution is -2.30. The third kappa shape index (κ3) is 2.07. The van der Waals surface area contributed by atoms with Gasteiger partial charge in [0.05, 0.1) is 0 Å². The van der Waals surface area contributed by atoms with Crippen molar-refractivity contribution < 1.29 is 4.79 Å². The standard InChI is InChI=1S/C10H16N4O/c1-14-6-12-13-10(14)9(15)7-2-4-8(11)5-3-7/h6-8H,2-5,11H2,1H3. The molecule has 2 rings (SSSR count). The molecule has 1 aliphatic carbocycles. The number of hydrogen-bond donors (Lipinski definition) is 1. The third-order valence-corrected chi connectivity index (χ3v) is 3.07. The molecular formula is C10H16N4O. The summed E-state index contributed by atoms with van der Waals surface area (Å²) < 4.78 is 1.68. The van der Waals surface area contributed by atoms with E-state index in [9.17, 15) is 4.79 Å². The number of carbonyl (C=O) groups is 1. The molecule has 1 saturated carbocycles. The summed E-state index contributed by atoms with van der Waals surface area (Å²) in [6.45, 7) is 0. The van der Waals surface area contributed by atoms with Crippen molar-refractivity contribution in [1.29, 1.82) is 0 Å². The van der Waals surface area contributed by atoms with Crippen LogP contribution in [0.2, 0.25) is 0 Å². The van der Waals surface area contributed by atoms with E-state index in [0.29, 0.717) is 5.82 Å². The topological polar surface area (TPSA) is 73.8 Å². The number of carbonyl (C=O) groups excluding carboxylic acids is 1. The van der Waals surface area contributed by atoms with Crippen LogP contribution in [0.1, 0.15) is 36.3 Å². The Morgan fingerprint density at radius 2 is 2.13 bits per heavy atom. The quantitative estimate of drug-likeness (QED) is 0.719. The molecule has 0 unspecified atom stereocenters. The van der Waals surface area contributed by atoms with Crippen LogP contribution >= 0.6 is 0 Å². The zero-order valence-corrected chi connectivity index (χ0v) is 8.89. The van der Waals surface area contributed by atoms with Crippen LogP contribution in [0.25, 0.3) is 0 Å². The molecule has 0 amide bonds. The maximum absolute atomic E-state index is 12.0. The van der Waals surface area contributed by atoms with Crippen LogP contribution in [0.4, 0.5) is 0 Å². The summed E-state index contributed by atoms with van der Waals surface area (Å²) in [7, 11) is 1.79. The van der Waals surface area contributed by atoms with Gasteiger partial charge in [-0.3, -0.25) is 4.79 Å². The molecule has 15 heavy (non-hydrogen) atoms. The molecule has 5 nitrogen and oxygen atoms in total. The minimum atomic E-state index is 0.0905. The first-order valence-corrected chi connectivity index (χ1v) is 5.32. The lowest BCUT2D eigenvalue weighted by Gasteiger charge is -2.24. The average Bonchev–Trinajstić information content (AvgIpc) is 2.65. The minimum Gasteiger partial charge on any atom is -0.328 e. The minimum absolute atomic E-state index is 0.0905. The van der Waals surface area contributed by atoms with E-state index in [2.05, 4.69) is 10.2 Å². The number of nitrogens with two attached hydrogens (primary N) is 1. The van der Waals surface area contributed by atoms with Gasteiger partial charge in [-0.15, -0.1) is 10.2 Å². The van der Waals surface area contributed by atoms with Gasteiger partial charge >= 0.3 is 0 Å². The molecule has 0 spiro atoms. The van der Waals surface area contributed by atoms with Crippen molar-refractivity contribution in [3.05, 3.63) is 12.2 Å². The molecule has 5 heteroatoms. The molecule has 1 fully saturated rings. The number of hydrogen-bond acceptors (Lipinski definition) is 4. The monoisotopic (exact) mass is 208 g/mol. The normalized spacial score (nSPS) is 26.5. The number of aromatic nitrogens is 3. The molecule has 0 bridgehead atoms. The zero-order valence-electron chi connectivity index (χ0n) is 8.89. The fourth-order valence-electron chi connectivity index (χ4n) is 2.07. The molecule has 1 aliphatic rings. The highest BCUT2D eigenvalue weighted by Crippen LogP contribution is 2.25. The van der Waals surface area contributed by atoms with Crippen LogP contribution in [0, 0.1) is 5.92 Å². The Kier molecular flexibility index (Phi) is 2.81. The van der Waals surface area contributed by atoms with Gasteiger partial charge in [-0.1, -0.05) is 0 Å². The van der Waals surface area contributed by atoms with Gasteiger partial charge in [-0.2, -0.15) is 0 Å². The summed E-state index contributed by atoms with van der Waals surface area (Å²) in [6, 6.07) is 0.272. The van der Waals surface area contributed by atoms with E-state index in [4.69, 9.17) is 5.73 Å². The Hall–Kier alpha value is -1.23. The molecule has 1 heterocycles. The third-order valence-electron chi connectivity index (χ3n) is 3.07. The van der Waals surface area contributed by atoms with Crippen molar-refractivity contribution in [3.8, 4) is 0 Å². The fourth-order valence-corrected chi connectivity index (χ4v) is 2.07. The summed E-state index contributed by atoms with van der Waals surface area (Å²) in [5.74, 6) is 0.671. The predicted molar refractivity (Wildman–Crippen MR) is 55.3 cm³/mol. The summed E-state index contributed by atoms with van der Waals surface area (Å²) in [6.07, 6.45) is 5.20. The van der Waals surface area contributed by atoms with Crippen LogP contribution in [0.5, 0.6) is 0 Å². The molecule has 0 atom stereocenters. The van der Waals surface area contributed by atoms with Crippen molar-refractivity contribution in [1.82, 2.24) is 14.8 Å². The Labute approximate surface area is 88.7 Å². The van der Waals surface area contributed by atoms with E-state index in [1.807, 2.05) is 0 Å². The fraction of sp³-hybridized carbons (Fsp3) is 0.700. The molecule has 0 aliphatic heterocycles. The molecular weight excluding hydrogens is 192 g/mol.